The van der Waals surface area contributed by atoms with Gasteiger partial charge in [-0.2, -0.15) is 0 Å². The molecule has 0 spiro atoms. The van der Waals surface area contributed by atoms with E-state index in [1.165, 1.54) is 20.3 Å². The van der Waals surface area contributed by atoms with Crippen LogP contribution in [0, 0.1) is 20.9 Å². The van der Waals surface area contributed by atoms with Crippen molar-refractivity contribution in [3.8, 4) is 11.5 Å². The Kier molecular flexibility index (Phi) is 6.52. The molecule has 0 amide bonds. The lowest BCUT2D eigenvalue weighted by Gasteiger charge is -2.36. The average molecular weight is 474 g/mol. The van der Waals surface area contributed by atoms with Gasteiger partial charge in [-0.25, -0.2) is 0 Å². The fourth-order valence-corrected chi connectivity index (χ4v) is 4.99. The largest absolute Gasteiger partial charge is 0.512 e. The van der Waals surface area contributed by atoms with E-state index in [9.17, 15) is 29.9 Å². The second-order valence-corrected chi connectivity index (χ2v) is 10.6. The van der Waals surface area contributed by atoms with Crippen LogP contribution in [-0.2, 0) is 9.59 Å². The number of nitro groups is 1. The van der Waals surface area contributed by atoms with Crippen LogP contribution in [0.15, 0.2) is 34.8 Å². The summed E-state index contributed by atoms with van der Waals surface area (Å²) in [4.78, 5) is 38.1. The Balaban J connectivity index is 2.41. The summed E-state index contributed by atoms with van der Waals surface area (Å²) in [5.74, 6) is -2.42. The van der Waals surface area contributed by atoms with Crippen LogP contribution < -0.4 is 9.47 Å². The van der Waals surface area contributed by atoms with Crippen LogP contribution in [0.1, 0.15) is 64.9 Å². The molecule has 0 aliphatic heterocycles. The number of nitrogens with zero attached hydrogens (tertiary/aromatic N) is 1. The molecule has 0 atom stereocenters. The molecule has 0 unspecified atom stereocenters. The molecule has 1 aromatic carbocycles. The van der Waals surface area contributed by atoms with Crippen LogP contribution in [0.5, 0.6) is 11.5 Å². The maximum atomic E-state index is 13.3. The molecule has 0 bridgehead atoms. The number of aliphatic hydroxyl groups is 2. The SMILES string of the molecule is COc1cc(C(C2=C(O)CC(C)(C)CC2=O)C2=C(O)CC(C)(C)CC2=O)c([N+](=O)[O-])cc1OC. The van der Waals surface area contributed by atoms with Crippen molar-refractivity contribution in [2.75, 3.05) is 14.2 Å². The number of rotatable bonds is 6. The Hall–Kier alpha value is -3.36. The number of nitro benzene ring substituents is 1. The van der Waals surface area contributed by atoms with Gasteiger partial charge in [-0.15, -0.1) is 0 Å². The third kappa shape index (κ3) is 4.64. The van der Waals surface area contributed by atoms with Crippen molar-refractivity contribution in [2.45, 2.75) is 59.3 Å². The number of hydrogen-bond acceptors (Lipinski definition) is 8. The van der Waals surface area contributed by atoms with E-state index >= 15 is 0 Å². The zero-order valence-corrected chi connectivity index (χ0v) is 20.4. The van der Waals surface area contributed by atoms with E-state index in [-0.39, 0.29) is 65.4 Å². The minimum Gasteiger partial charge on any atom is -0.512 e. The molecule has 2 aliphatic carbocycles. The molecule has 2 aliphatic rings. The van der Waals surface area contributed by atoms with Crippen LogP contribution in [0.25, 0.3) is 0 Å². The van der Waals surface area contributed by atoms with Gasteiger partial charge >= 0.3 is 0 Å². The first-order valence-corrected chi connectivity index (χ1v) is 11.0. The summed E-state index contributed by atoms with van der Waals surface area (Å²) in [6, 6.07) is 2.49. The fourth-order valence-electron chi connectivity index (χ4n) is 4.99. The van der Waals surface area contributed by atoms with E-state index in [1.54, 1.807) is 0 Å². The first-order chi connectivity index (χ1) is 15.7. The minimum absolute atomic E-state index is 0.0353. The molecule has 9 nitrogen and oxygen atoms in total. The number of allylic oxidation sites excluding steroid dienone is 4. The van der Waals surface area contributed by atoms with Crippen molar-refractivity contribution < 1.29 is 34.2 Å². The first kappa shape index (κ1) is 25.3. The molecule has 0 aromatic heterocycles. The van der Waals surface area contributed by atoms with Gasteiger partial charge in [-0.3, -0.25) is 19.7 Å². The molecule has 1 aromatic rings. The number of methoxy groups -OCH3 is 2. The zero-order valence-electron chi connectivity index (χ0n) is 20.4. The normalized spacial score (nSPS) is 20.1. The van der Waals surface area contributed by atoms with Crippen molar-refractivity contribution in [1.29, 1.82) is 0 Å². The summed E-state index contributed by atoms with van der Waals surface area (Å²) >= 11 is 0. The smallest absolute Gasteiger partial charge is 0.277 e. The molecular weight excluding hydrogens is 442 g/mol. The fraction of sp³-hybridized carbons (Fsp3) is 0.520. The Morgan fingerprint density at radius 2 is 1.26 bits per heavy atom. The van der Waals surface area contributed by atoms with E-state index in [0.29, 0.717) is 0 Å². The predicted molar refractivity (Wildman–Crippen MR) is 124 cm³/mol. The first-order valence-electron chi connectivity index (χ1n) is 11.0. The molecule has 9 heteroatoms. The van der Waals surface area contributed by atoms with Crippen LogP contribution in [0.2, 0.25) is 0 Å². The highest BCUT2D eigenvalue weighted by Gasteiger charge is 2.45. The molecule has 184 valence electrons. The zero-order chi connectivity index (χ0) is 25.6. The molecule has 0 fully saturated rings. The predicted octanol–water partition coefficient (Wildman–Crippen LogP) is 5.10. The van der Waals surface area contributed by atoms with Crippen LogP contribution >= 0.6 is 0 Å². The Bertz CT molecular complexity index is 1070. The minimum atomic E-state index is -1.33. The quantitative estimate of drug-likeness (QED) is 0.430. The number of carbonyl (C=O) groups is 2. The number of ketones is 2. The van der Waals surface area contributed by atoms with Crippen molar-refractivity contribution in [2.24, 2.45) is 10.8 Å². The van der Waals surface area contributed by atoms with Gasteiger partial charge in [-0.1, -0.05) is 27.7 Å². The molecule has 2 N–H and O–H groups in total. The maximum Gasteiger partial charge on any atom is 0.277 e. The standard InChI is InChI=1S/C25H31NO8/c1-24(2)9-15(27)22(16(28)10-24)21(23-17(29)11-25(3,4)12-18(23)30)13-7-19(33-5)20(34-6)8-14(13)26(31)32/h7-8,21,27,29H,9-12H2,1-6H3. The summed E-state index contributed by atoms with van der Waals surface area (Å²) in [5.41, 5.74) is -1.71. The molecule has 3 rings (SSSR count). The second kappa shape index (κ2) is 8.77. The van der Waals surface area contributed by atoms with Crippen molar-refractivity contribution in [3.05, 3.63) is 50.5 Å². The third-order valence-corrected chi connectivity index (χ3v) is 6.41. The second-order valence-electron chi connectivity index (χ2n) is 10.6. The van der Waals surface area contributed by atoms with Crippen LogP contribution in [0.3, 0.4) is 0 Å². The molecule has 0 radical (unpaired) electrons. The van der Waals surface area contributed by atoms with Gasteiger partial charge in [0.05, 0.1) is 31.1 Å². The lowest BCUT2D eigenvalue weighted by Crippen LogP contribution is -2.33. The highest BCUT2D eigenvalue weighted by molar-refractivity contribution is 6.05. The number of hydrogen-bond donors (Lipinski definition) is 2. The number of benzene rings is 1. The monoisotopic (exact) mass is 473 g/mol. The van der Waals surface area contributed by atoms with E-state index in [4.69, 9.17) is 9.47 Å². The Labute approximate surface area is 198 Å². The van der Waals surface area contributed by atoms with Gasteiger partial charge in [0.15, 0.2) is 23.1 Å². The van der Waals surface area contributed by atoms with Gasteiger partial charge in [-0.05, 0) is 16.9 Å². The summed E-state index contributed by atoms with van der Waals surface area (Å²) in [6.45, 7) is 7.32. The molecular formula is C25H31NO8. The highest BCUT2D eigenvalue weighted by atomic mass is 16.6. The van der Waals surface area contributed by atoms with Gasteiger partial charge in [0.1, 0.15) is 11.5 Å². The topological polar surface area (TPSA) is 136 Å². The van der Waals surface area contributed by atoms with E-state index < -0.39 is 38.9 Å². The highest BCUT2D eigenvalue weighted by Crippen LogP contribution is 2.51. The molecule has 0 heterocycles. The van der Waals surface area contributed by atoms with Gasteiger partial charge in [0.2, 0.25) is 0 Å². The lowest BCUT2D eigenvalue weighted by atomic mass is 9.66. The molecule has 34 heavy (non-hydrogen) atoms. The summed E-state index contributed by atoms with van der Waals surface area (Å²) in [5, 5.41) is 34.0. The number of Topliss-reactive ketones (excluding diaryl/α,β-unsaturated/α-hetero) is 2. The number of aliphatic hydroxyl groups excluding tert-OH is 2. The van der Waals surface area contributed by atoms with Crippen LogP contribution in [0.4, 0.5) is 5.69 Å². The van der Waals surface area contributed by atoms with E-state index in [1.807, 2.05) is 27.7 Å². The lowest BCUT2D eigenvalue weighted by molar-refractivity contribution is -0.385. The Morgan fingerprint density at radius 3 is 1.62 bits per heavy atom. The van der Waals surface area contributed by atoms with Gasteiger partial charge in [0.25, 0.3) is 5.69 Å². The summed E-state index contributed by atoms with van der Waals surface area (Å²) in [7, 11) is 2.69. The van der Waals surface area contributed by atoms with Crippen molar-refractivity contribution in [3.63, 3.8) is 0 Å². The van der Waals surface area contributed by atoms with E-state index in [0.717, 1.165) is 6.07 Å². The number of carbonyl (C=O) groups excluding carboxylic acids is 2. The summed E-state index contributed by atoms with van der Waals surface area (Å²) in [6.07, 6.45) is 0.466. The van der Waals surface area contributed by atoms with Gasteiger partial charge < -0.3 is 19.7 Å². The number of ether oxygens (including phenoxy) is 2. The third-order valence-electron chi connectivity index (χ3n) is 6.41. The maximum absolute atomic E-state index is 13.3. The van der Waals surface area contributed by atoms with E-state index in [2.05, 4.69) is 0 Å². The molecule has 0 saturated heterocycles. The van der Waals surface area contributed by atoms with Gasteiger partial charge in [0, 0.05) is 42.4 Å². The van der Waals surface area contributed by atoms with Crippen molar-refractivity contribution in [1.82, 2.24) is 0 Å². The van der Waals surface area contributed by atoms with Crippen molar-refractivity contribution >= 4 is 17.3 Å². The average Bonchev–Trinajstić information content (AvgIpc) is 2.68. The van der Waals surface area contributed by atoms with Crippen LogP contribution in [-0.4, -0.2) is 40.9 Å². The summed E-state index contributed by atoms with van der Waals surface area (Å²) < 4.78 is 10.5. The molecule has 0 saturated carbocycles. The Morgan fingerprint density at radius 1 is 0.853 bits per heavy atom.